The topological polar surface area (TPSA) is 41.5 Å². The molecule has 2 N–H and O–H groups in total. The Morgan fingerprint density at radius 3 is 2.33 bits per heavy atom. The summed E-state index contributed by atoms with van der Waals surface area (Å²) in [7, 11) is 1.95. The van der Waals surface area contributed by atoms with E-state index < -0.39 is 0 Å². The zero-order valence-corrected chi connectivity index (χ0v) is 11.8. The number of hydrogen-bond acceptors (Lipinski definition) is 3. The molecule has 0 saturated heterocycles. The first-order valence-corrected chi connectivity index (χ1v) is 6.67. The number of benzene rings is 1. The van der Waals surface area contributed by atoms with Gasteiger partial charge in [0.25, 0.3) is 0 Å². The van der Waals surface area contributed by atoms with Gasteiger partial charge in [-0.25, -0.2) is 0 Å². The fourth-order valence-corrected chi connectivity index (χ4v) is 2.14. The van der Waals surface area contributed by atoms with Crippen molar-refractivity contribution in [3.8, 4) is 5.75 Å². The molecule has 0 aliphatic heterocycles. The summed E-state index contributed by atoms with van der Waals surface area (Å²) in [6.45, 7) is 6.08. The molecule has 0 saturated carbocycles. The van der Waals surface area contributed by atoms with Crippen LogP contribution in [0.15, 0.2) is 12.1 Å². The minimum atomic E-state index is 0.275. The number of nitrogens with one attached hydrogen (secondary N) is 1. The lowest BCUT2D eigenvalue weighted by molar-refractivity contribution is 0.265. The minimum absolute atomic E-state index is 0.275. The second-order valence-electron chi connectivity index (χ2n) is 4.72. The normalized spacial score (nSPS) is 10.7. The highest BCUT2D eigenvalue weighted by Gasteiger charge is 2.06. The van der Waals surface area contributed by atoms with E-state index in [0.29, 0.717) is 0 Å². The van der Waals surface area contributed by atoms with E-state index in [0.717, 1.165) is 38.2 Å². The second kappa shape index (κ2) is 8.11. The molecule has 0 fully saturated rings. The molecule has 0 aliphatic rings. The van der Waals surface area contributed by atoms with Crippen molar-refractivity contribution in [2.45, 2.75) is 39.7 Å². The molecule has 0 unspecified atom stereocenters. The highest BCUT2D eigenvalue weighted by molar-refractivity contribution is 5.43. The van der Waals surface area contributed by atoms with Gasteiger partial charge in [-0.2, -0.15) is 0 Å². The highest BCUT2D eigenvalue weighted by Crippen LogP contribution is 2.25. The van der Waals surface area contributed by atoms with E-state index in [1.54, 1.807) is 0 Å². The predicted molar refractivity (Wildman–Crippen MR) is 75.1 cm³/mol. The molecule has 0 atom stereocenters. The lowest BCUT2D eigenvalue weighted by Gasteiger charge is -2.14. The molecule has 18 heavy (non-hydrogen) atoms. The van der Waals surface area contributed by atoms with Gasteiger partial charge in [0.1, 0.15) is 5.75 Å². The van der Waals surface area contributed by atoms with Crippen LogP contribution in [-0.4, -0.2) is 25.4 Å². The van der Waals surface area contributed by atoms with Crippen LogP contribution < -0.4 is 10.1 Å². The Kier molecular flexibility index (Phi) is 6.76. The summed E-state index contributed by atoms with van der Waals surface area (Å²) < 4.78 is 5.85. The van der Waals surface area contributed by atoms with Crippen LogP contribution in [0.2, 0.25) is 0 Å². The standard InChI is InChI=1S/C15H25NO2/c1-12-9-14(11-16-3)10-13(2)15(12)18-8-6-4-5-7-17/h9-10,16-17H,4-8,11H2,1-3H3. The number of aliphatic hydroxyl groups is 1. The Morgan fingerprint density at radius 2 is 1.78 bits per heavy atom. The van der Waals surface area contributed by atoms with Crippen LogP contribution in [-0.2, 0) is 6.54 Å². The molecule has 0 aromatic heterocycles. The van der Waals surface area contributed by atoms with E-state index in [1.165, 1.54) is 16.7 Å². The third-order valence-corrected chi connectivity index (χ3v) is 2.95. The maximum absolute atomic E-state index is 8.71. The highest BCUT2D eigenvalue weighted by atomic mass is 16.5. The smallest absolute Gasteiger partial charge is 0.125 e. The molecule has 0 bridgehead atoms. The van der Waals surface area contributed by atoms with E-state index in [2.05, 4.69) is 31.3 Å². The van der Waals surface area contributed by atoms with Crippen LogP contribution >= 0.6 is 0 Å². The zero-order valence-electron chi connectivity index (χ0n) is 11.8. The first-order valence-electron chi connectivity index (χ1n) is 6.67. The summed E-state index contributed by atoms with van der Waals surface area (Å²) in [6.07, 6.45) is 2.88. The van der Waals surface area contributed by atoms with Crippen molar-refractivity contribution in [3.05, 3.63) is 28.8 Å². The van der Waals surface area contributed by atoms with Gasteiger partial charge >= 0.3 is 0 Å². The van der Waals surface area contributed by atoms with Crippen molar-refractivity contribution < 1.29 is 9.84 Å². The predicted octanol–water partition coefficient (Wildman–Crippen LogP) is 2.56. The Labute approximate surface area is 110 Å². The van der Waals surface area contributed by atoms with Gasteiger partial charge in [0.15, 0.2) is 0 Å². The number of aryl methyl sites for hydroxylation is 2. The van der Waals surface area contributed by atoms with Crippen LogP contribution in [0.4, 0.5) is 0 Å². The van der Waals surface area contributed by atoms with Gasteiger partial charge in [-0.3, -0.25) is 0 Å². The summed E-state index contributed by atoms with van der Waals surface area (Å²) in [5.74, 6) is 1.01. The largest absolute Gasteiger partial charge is 0.493 e. The van der Waals surface area contributed by atoms with Crippen LogP contribution in [0.3, 0.4) is 0 Å². The quantitative estimate of drug-likeness (QED) is 0.698. The van der Waals surface area contributed by atoms with Crippen molar-refractivity contribution >= 4 is 0 Å². The molecule has 0 amide bonds. The summed E-state index contributed by atoms with van der Waals surface area (Å²) >= 11 is 0. The number of ether oxygens (including phenoxy) is 1. The summed E-state index contributed by atoms with van der Waals surface area (Å²) in [6, 6.07) is 4.35. The molecule has 1 aromatic carbocycles. The molecule has 0 spiro atoms. The van der Waals surface area contributed by atoms with E-state index in [-0.39, 0.29) is 6.61 Å². The van der Waals surface area contributed by atoms with Crippen molar-refractivity contribution in [1.29, 1.82) is 0 Å². The van der Waals surface area contributed by atoms with E-state index >= 15 is 0 Å². The molecule has 3 nitrogen and oxygen atoms in total. The van der Waals surface area contributed by atoms with Gasteiger partial charge in [-0.05, 0) is 56.8 Å². The van der Waals surface area contributed by atoms with Crippen molar-refractivity contribution in [2.75, 3.05) is 20.3 Å². The SMILES string of the molecule is CNCc1cc(C)c(OCCCCCO)c(C)c1. The van der Waals surface area contributed by atoms with Crippen molar-refractivity contribution in [1.82, 2.24) is 5.32 Å². The van der Waals surface area contributed by atoms with Gasteiger partial charge in [0.05, 0.1) is 6.61 Å². The lowest BCUT2D eigenvalue weighted by Crippen LogP contribution is -2.07. The van der Waals surface area contributed by atoms with E-state index in [1.807, 2.05) is 7.05 Å². The van der Waals surface area contributed by atoms with Crippen molar-refractivity contribution in [3.63, 3.8) is 0 Å². The van der Waals surface area contributed by atoms with Gasteiger partial charge in [-0.1, -0.05) is 12.1 Å². The fourth-order valence-electron chi connectivity index (χ4n) is 2.14. The maximum atomic E-state index is 8.71. The molecule has 0 aliphatic carbocycles. The molecule has 1 rings (SSSR count). The Balaban J connectivity index is 2.54. The van der Waals surface area contributed by atoms with Crippen LogP contribution in [0.5, 0.6) is 5.75 Å². The lowest BCUT2D eigenvalue weighted by atomic mass is 10.1. The Bertz CT molecular complexity index is 341. The second-order valence-corrected chi connectivity index (χ2v) is 4.72. The van der Waals surface area contributed by atoms with Gasteiger partial charge in [0, 0.05) is 13.2 Å². The molecular weight excluding hydrogens is 226 g/mol. The number of rotatable bonds is 8. The molecule has 102 valence electrons. The molecular formula is C15H25NO2. The first kappa shape index (κ1) is 15.0. The monoisotopic (exact) mass is 251 g/mol. The van der Waals surface area contributed by atoms with E-state index in [9.17, 15) is 0 Å². The first-order chi connectivity index (χ1) is 8.69. The van der Waals surface area contributed by atoms with Gasteiger partial charge in [0.2, 0.25) is 0 Å². The van der Waals surface area contributed by atoms with Crippen molar-refractivity contribution in [2.24, 2.45) is 0 Å². The number of aliphatic hydroxyl groups excluding tert-OH is 1. The molecule has 1 aromatic rings. The van der Waals surface area contributed by atoms with Crippen LogP contribution in [0.25, 0.3) is 0 Å². The maximum Gasteiger partial charge on any atom is 0.125 e. The van der Waals surface area contributed by atoms with Gasteiger partial charge in [-0.15, -0.1) is 0 Å². The Morgan fingerprint density at radius 1 is 1.11 bits per heavy atom. The average molecular weight is 251 g/mol. The van der Waals surface area contributed by atoms with Crippen LogP contribution in [0, 0.1) is 13.8 Å². The molecule has 0 heterocycles. The van der Waals surface area contributed by atoms with Gasteiger partial charge < -0.3 is 15.2 Å². The number of unbranched alkanes of at least 4 members (excludes halogenated alkanes) is 2. The summed E-state index contributed by atoms with van der Waals surface area (Å²) in [5, 5.41) is 11.9. The van der Waals surface area contributed by atoms with Crippen LogP contribution in [0.1, 0.15) is 36.0 Å². The summed E-state index contributed by atoms with van der Waals surface area (Å²) in [5.41, 5.74) is 3.69. The average Bonchev–Trinajstić information content (AvgIpc) is 2.32. The fraction of sp³-hybridized carbons (Fsp3) is 0.600. The third kappa shape index (κ3) is 4.67. The third-order valence-electron chi connectivity index (χ3n) is 2.95. The summed E-state index contributed by atoms with van der Waals surface area (Å²) in [4.78, 5) is 0. The molecule has 0 radical (unpaired) electrons. The van der Waals surface area contributed by atoms with E-state index in [4.69, 9.17) is 9.84 Å². The molecule has 3 heteroatoms. The number of hydrogen-bond donors (Lipinski definition) is 2. The minimum Gasteiger partial charge on any atom is -0.493 e. The Hall–Kier alpha value is -1.06. The zero-order chi connectivity index (χ0) is 13.4.